The van der Waals surface area contributed by atoms with Crippen molar-refractivity contribution in [3.8, 4) is 0 Å². The SMILES string of the molecule is O=P([O-])(O)C(O)(C[n+]1cc[nH]c1)P(=O)([O-])O.O=P([O-])(O)C(O)(C[n+]1cc[nH]c1)P(=O)([O-])O.[Ni+2].[OH3+].[OH3+]. The molecule has 0 radical (unpaired) electrons. The van der Waals surface area contributed by atoms with Crippen LogP contribution in [0.1, 0.15) is 0 Å². The minimum Gasteiger partial charge on any atom is -0.776 e. The first-order valence-corrected chi connectivity index (χ1v) is 14.1. The van der Waals surface area contributed by atoms with Crippen LogP contribution in [0.3, 0.4) is 0 Å². The van der Waals surface area contributed by atoms with E-state index in [9.17, 15) is 48.0 Å². The molecule has 20 nitrogen and oxygen atoms in total. The van der Waals surface area contributed by atoms with Crippen LogP contribution in [-0.2, 0) is 58.8 Å². The summed E-state index contributed by atoms with van der Waals surface area (Å²) in [4.78, 5) is 82.8. The number of aromatic nitrogens is 4. The number of aromatic amines is 2. The summed E-state index contributed by atoms with van der Waals surface area (Å²) in [7, 11) is -22.8. The van der Waals surface area contributed by atoms with Gasteiger partial charge in [-0.05, 0) is 0 Å². The fraction of sp³-hybridized carbons (Fsp3) is 0.400. The number of rotatable bonds is 8. The third-order valence-corrected chi connectivity index (χ3v) is 11.0. The molecule has 0 amide bonds. The Hall–Kier alpha value is -0.646. The van der Waals surface area contributed by atoms with Crippen LogP contribution in [0.5, 0.6) is 0 Å². The summed E-state index contributed by atoms with van der Waals surface area (Å²) >= 11 is 0. The van der Waals surface area contributed by atoms with Crippen LogP contribution >= 0.6 is 30.4 Å². The molecule has 0 fully saturated rings. The standard InChI is InChI=1S/2C5H10N2O7P2.Ni.2H2O/c2*8-5(15(9,10)11,16(12,13)14)3-7-2-1-6-4-7;;;/h2*1-2,4,8H,3H2,(H4,9,10,11,12,13,14);;2*1H2/q;;+2;;. The van der Waals surface area contributed by atoms with Crippen LogP contribution in [0, 0.1) is 0 Å². The molecule has 35 heavy (non-hydrogen) atoms. The zero-order valence-corrected chi connectivity index (χ0v) is 21.5. The maximum absolute atomic E-state index is 10.8. The van der Waals surface area contributed by atoms with Gasteiger partial charge >= 0.3 is 16.5 Å². The Morgan fingerprint density at radius 2 is 0.886 bits per heavy atom. The van der Waals surface area contributed by atoms with E-state index in [-0.39, 0.29) is 27.4 Å². The first-order valence-electron chi connectivity index (χ1n) is 7.80. The Morgan fingerprint density at radius 3 is 1.03 bits per heavy atom. The average Bonchev–Trinajstić information content (AvgIpc) is 3.25. The van der Waals surface area contributed by atoms with E-state index < -0.39 is 53.6 Å². The van der Waals surface area contributed by atoms with Gasteiger partial charge in [-0.15, -0.1) is 0 Å². The van der Waals surface area contributed by atoms with Crippen molar-refractivity contribution in [2.45, 2.75) is 23.3 Å². The Labute approximate surface area is 205 Å². The van der Waals surface area contributed by atoms with Gasteiger partial charge in [0.1, 0.15) is 37.9 Å². The van der Waals surface area contributed by atoms with Crippen molar-refractivity contribution in [1.29, 1.82) is 0 Å². The van der Waals surface area contributed by atoms with E-state index in [2.05, 4.69) is 9.97 Å². The zero-order valence-electron chi connectivity index (χ0n) is 17.0. The third kappa shape index (κ3) is 9.31. The predicted molar refractivity (Wildman–Crippen MR) is 101 cm³/mol. The van der Waals surface area contributed by atoms with Crippen LogP contribution in [0.4, 0.5) is 0 Å². The molecule has 0 spiro atoms. The van der Waals surface area contributed by atoms with Crippen molar-refractivity contribution >= 4 is 30.4 Å². The number of hydrogen-bond donors (Lipinski definition) is 8. The Morgan fingerprint density at radius 1 is 0.657 bits per heavy atom. The quantitative estimate of drug-likeness (QED) is 0.0576. The number of nitrogens with zero attached hydrogens (tertiary/aromatic N) is 2. The van der Waals surface area contributed by atoms with Crippen molar-refractivity contribution in [3.05, 3.63) is 37.4 Å². The van der Waals surface area contributed by atoms with Crippen LogP contribution < -0.4 is 28.7 Å². The molecule has 0 bridgehead atoms. The average molecular weight is 639 g/mol. The van der Waals surface area contributed by atoms with Crippen molar-refractivity contribution in [2.24, 2.45) is 0 Å². The number of H-pyrrole nitrogens is 2. The molecule has 0 aliphatic rings. The van der Waals surface area contributed by atoms with Gasteiger partial charge in [0.25, 0.3) is 0 Å². The smallest absolute Gasteiger partial charge is 0.776 e. The van der Waals surface area contributed by atoms with Gasteiger partial charge in [-0.2, -0.15) is 0 Å². The summed E-state index contributed by atoms with van der Waals surface area (Å²) in [6.07, 6.45) is 7.32. The molecule has 0 saturated heterocycles. The summed E-state index contributed by atoms with van der Waals surface area (Å²) in [6.45, 7) is -2.10. The minimum atomic E-state index is -5.71. The summed E-state index contributed by atoms with van der Waals surface area (Å²) < 4.78 is 45.1. The van der Waals surface area contributed by atoms with Gasteiger partial charge in [0.2, 0.25) is 22.8 Å². The number of nitrogens with one attached hydrogen (secondary N) is 2. The summed E-state index contributed by atoms with van der Waals surface area (Å²) in [6, 6.07) is 0. The molecule has 0 aliphatic carbocycles. The van der Waals surface area contributed by atoms with Gasteiger partial charge in [0, 0.05) is 0 Å². The Bertz CT molecular complexity index is 942. The predicted octanol–water partition coefficient (Wildman–Crippen LogP) is -7.77. The molecule has 25 heteroatoms. The van der Waals surface area contributed by atoms with Gasteiger partial charge < -0.3 is 78.6 Å². The Balaban J connectivity index is -0.000000539. The minimum absolute atomic E-state index is 0. The molecule has 2 aromatic rings. The van der Waals surface area contributed by atoms with Crippen molar-refractivity contribution in [3.63, 3.8) is 0 Å². The van der Waals surface area contributed by atoms with E-state index in [1.54, 1.807) is 0 Å². The van der Waals surface area contributed by atoms with E-state index in [4.69, 9.17) is 19.6 Å². The Kier molecular flexibility index (Phi) is 14.7. The van der Waals surface area contributed by atoms with Crippen molar-refractivity contribution in [1.82, 2.24) is 9.97 Å². The first-order chi connectivity index (χ1) is 14.2. The van der Waals surface area contributed by atoms with Gasteiger partial charge in [-0.3, -0.25) is 9.97 Å². The molecule has 2 heterocycles. The van der Waals surface area contributed by atoms with Gasteiger partial charge in [-0.25, -0.2) is 9.13 Å². The molecule has 208 valence electrons. The molecule has 2 rings (SSSR count). The van der Waals surface area contributed by atoms with Crippen molar-refractivity contribution in [2.75, 3.05) is 0 Å². The summed E-state index contributed by atoms with van der Waals surface area (Å²) in [5, 5.41) is 11.4. The van der Waals surface area contributed by atoms with E-state index in [1.807, 2.05) is 0 Å². The molecular formula is C10H24N4NiO16P4+2. The second-order valence-electron chi connectivity index (χ2n) is 6.20. The topological polar surface area (TPSA) is 387 Å². The number of hydrogen-bond acceptors (Lipinski definition) is 10. The molecule has 0 aliphatic heterocycles. The molecule has 14 N–H and O–H groups in total. The van der Waals surface area contributed by atoms with Gasteiger partial charge in [-0.1, -0.05) is 0 Å². The fourth-order valence-corrected chi connectivity index (χ4v) is 5.93. The normalized spacial score (nSPS) is 21.1. The molecule has 0 saturated carbocycles. The molecule has 4 atom stereocenters. The molecular weight excluding hydrogens is 615 g/mol. The van der Waals surface area contributed by atoms with E-state index in [0.717, 1.165) is 21.8 Å². The first kappa shape index (κ1) is 38.9. The van der Waals surface area contributed by atoms with Crippen LogP contribution in [0.25, 0.3) is 0 Å². The monoisotopic (exact) mass is 638 g/mol. The number of aliphatic hydroxyl groups is 2. The van der Waals surface area contributed by atoms with Crippen LogP contribution in [-0.4, -0.2) is 49.9 Å². The van der Waals surface area contributed by atoms with E-state index in [1.165, 1.54) is 24.8 Å². The second kappa shape index (κ2) is 13.2. The fourth-order valence-electron chi connectivity index (χ4n) is 2.00. The second-order valence-corrected chi connectivity index (χ2v) is 14.0. The summed E-state index contributed by atoms with van der Waals surface area (Å²) in [5.74, 6) is 0. The van der Waals surface area contributed by atoms with Gasteiger partial charge in [0.15, 0.2) is 30.4 Å². The van der Waals surface area contributed by atoms with E-state index >= 15 is 0 Å². The van der Waals surface area contributed by atoms with E-state index in [0.29, 0.717) is 0 Å². The van der Waals surface area contributed by atoms with Crippen LogP contribution in [0.15, 0.2) is 37.4 Å². The molecule has 0 aromatic carbocycles. The van der Waals surface area contributed by atoms with Crippen LogP contribution in [0.2, 0.25) is 0 Å². The zero-order chi connectivity index (χ0) is 25.2. The molecule has 4 unspecified atom stereocenters. The molecule has 2 aromatic heterocycles. The third-order valence-electron chi connectivity index (χ3n) is 3.80. The maximum Gasteiger partial charge on any atom is 2.00 e. The summed E-state index contributed by atoms with van der Waals surface area (Å²) in [5.41, 5.74) is 0. The largest absolute Gasteiger partial charge is 2.00 e. The van der Waals surface area contributed by atoms with Crippen molar-refractivity contribution < 1.29 is 104 Å². The van der Waals surface area contributed by atoms with Gasteiger partial charge in [0.05, 0.1) is 0 Å². The maximum atomic E-state index is 10.8. The number of imidazole rings is 2.